The Hall–Kier alpha value is -3.72. The number of ether oxygens (including phenoxy) is 1. The molecule has 0 radical (unpaired) electrons. The number of aromatic nitrogens is 1. The van der Waals surface area contributed by atoms with Gasteiger partial charge in [0.1, 0.15) is 5.82 Å². The van der Waals surface area contributed by atoms with Gasteiger partial charge >= 0.3 is 5.97 Å². The number of benzene rings is 2. The molecular formula is C24H23N3O5S. The van der Waals surface area contributed by atoms with E-state index in [-0.39, 0.29) is 28.6 Å². The number of hydrogen-bond acceptors (Lipinski definition) is 6. The Bertz CT molecular complexity index is 1310. The normalized spacial score (nSPS) is 13.2. The fourth-order valence-electron chi connectivity index (χ4n) is 3.69. The Kier molecular flexibility index (Phi) is 6.41. The number of esters is 1. The molecule has 0 fully saturated rings. The summed E-state index contributed by atoms with van der Waals surface area (Å²) in [4.78, 5) is 28.8. The van der Waals surface area contributed by atoms with Crippen molar-refractivity contribution in [3.63, 3.8) is 0 Å². The van der Waals surface area contributed by atoms with Crippen molar-refractivity contribution >= 4 is 33.4 Å². The van der Waals surface area contributed by atoms with Gasteiger partial charge in [0.05, 0.1) is 17.2 Å². The summed E-state index contributed by atoms with van der Waals surface area (Å²) in [7, 11) is -3.85. The number of pyridine rings is 1. The van der Waals surface area contributed by atoms with E-state index in [9.17, 15) is 18.0 Å². The summed E-state index contributed by atoms with van der Waals surface area (Å²) < 4.78 is 33.1. The number of nitrogens with zero attached hydrogens (tertiary/aromatic N) is 2. The minimum atomic E-state index is -3.85. The van der Waals surface area contributed by atoms with Gasteiger partial charge in [0.25, 0.3) is 15.9 Å². The molecule has 0 saturated heterocycles. The second kappa shape index (κ2) is 9.41. The summed E-state index contributed by atoms with van der Waals surface area (Å²) in [5, 5.41) is 2.60. The van der Waals surface area contributed by atoms with Crippen LogP contribution in [-0.4, -0.2) is 38.4 Å². The van der Waals surface area contributed by atoms with Gasteiger partial charge in [-0.15, -0.1) is 0 Å². The molecule has 3 aromatic rings. The molecule has 0 saturated carbocycles. The maximum Gasteiger partial charge on any atom is 0.356 e. The van der Waals surface area contributed by atoms with Crippen LogP contribution in [0.5, 0.6) is 0 Å². The maximum atomic E-state index is 13.4. The highest BCUT2D eigenvalue weighted by Crippen LogP contribution is 2.32. The summed E-state index contributed by atoms with van der Waals surface area (Å²) in [6.45, 7) is 2.27. The van der Waals surface area contributed by atoms with Gasteiger partial charge in [-0.2, -0.15) is 0 Å². The van der Waals surface area contributed by atoms with E-state index in [0.29, 0.717) is 12.2 Å². The molecule has 170 valence electrons. The van der Waals surface area contributed by atoms with Crippen molar-refractivity contribution in [2.45, 2.75) is 24.7 Å². The first kappa shape index (κ1) is 22.5. The summed E-state index contributed by atoms with van der Waals surface area (Å²) in [6, 6.07) is 17.9. The smallest absolute Gasteiger partial charge is 0.356 e. The van der Waals surface area contributed by atoms with Crippen molar-refractivity contribution in [3.8, 4) is 0 Å². The monoisotopic (exact) mass is 465 g/mol. The van der Waals surface area contributed by atoms with Crippen molar-refractivity contribution in [2.75, 3.05) is 22.8 Å². The Labute approximate surface area is 192 Å². The maximum absolute atomic E-state index is 13.4. The predicted octanol–water partition coefficient (Wildman–Crippen LogP) is 3.65. The standard InChI is InChI=1S/C24H23N3O5S/c1-2-32-24(29)20-12-6-14-22(25-20)26-23(28)18-9-5-11-19(16-18)33(30,31)27-15-7-10-17-8-3-4-13-21(17)27/h3-6,8-9,11-14,16H,2,7,10,15H2,1H3,(H,25,26,28). The predicted molar refractivity (Wildman–Crippen MR) is 124 cm³/mol. The Morgan fingerprint density at radius 2 is 1.85 bits per heavy atom. The van der Waals surface area contributed by atoms with Crippen molar-refractivity contribution in [1.29, 1.82) is 0 Å². The highest BCUT2D eigenvalue weighted by atomic mass is 32.2. The Morgan fingerprint density at radius 3 is 2.67 bits per heavy atom. The number of fused-ring (bicyclic) bond motifs is 1. The number of anilines is 2. The summed E-state index contributed by atoms with van der Waals surface area (Å²) in [6.07, 6.45) is 1.54. The van der Waals surface area contributed by atoms with Gasteiger partial charge < -0.3 is 10.1 Å². The SMILES string of the molecule is CCOC(=O)c1cccc(NC(=O)c2cccc(S(=O)(=O)N3CCCc4ccccc43)c2)n1. The molecule has 8 nitrogen and oxygen atoms in total. The van der Waals surface area contributed by atoms with Gasteiger partial charge in [-0.25, -0.2) is 18.2 Å². The van der Waals surface area contributed by atoms with Gasteiger partial charge in [0.2, 0.25) is 0 Å². The van der Waals surface area contributed by atoms with Crippen LogP contribution in [0.25, 0.3) is 0 Å². The molecule has 1 N–H and O–H groups in total. The van der Waals surface area contributed by atoms with Gasteiger partial charge in [-0.3, -0.25) is 9.10 Å². The van der Waals surface area contributed by atoms with E-state index in [4.69, 9.17) is 4.74 Å². The number of sulfonamides is 1. The van der Waals surface area contributed by atoms with Crippen molar-refractivity contribution < 1.29 is 22.7 Å². The third-order valence-electron chi connectivity index (χ3n) is 5.23. The summed E-state index contributed by atoms with van der Waals surface area (Å²) in [5.41, 5.74) is 1.87. The number of para-hydroxylation sites is 1. The van der Waals surface area contributed by atoms with Crippen LogP contribution in [0.3, 0.4) is 0 Å². The third kappa shape index (κ3) is 4.73. The highest BCUT2D eigenvalue weighted by Gasteiger charge is 2.29. The molecule has 2 heterocycles. The summed E-state index contributed by atoms with van der Waals surface area (Å²) in [5.74, 6) is -0.980. The van der Waals surface area contributed by atoms with Crippen molar-refractivity contribution in [2.24, 2.45) is 0 Å². The molecule has 2 aromatic carbocycles. The number of carbonyl (C=O) groups excluding carboxylic acids is 2. The lowest BCUT2D eigenvalue weighted by molar-refractivity contribution is 0.0519. The minimum Gasteiger partial charge on any atom is -0.461 e. The molecule has 0 aliphatic carbocycles. The van der Waals surface area contributed by atoms with Gasteiger partial charge in [-0.05, 0) is 61.7 Å². The number of rotatable bonds is 6. The van der Waals surface area contributed by atoms with Gasteiger partial charge in [0.15, 0.2) is 5.69 Å². The average molecular weight is 466 g/mol. The topological polar surface area (TPSA) is 106 Å². The van der Waals surface area contributed by atoms with E-state index in [1.165, 1.54) is 40.7 Å². The van der Waals surface area contributed by atoms with E-state index in [2.05, 4.69) is 10.3 Å². The average Bonchev–Trinajstić information content (AvgIpc) is 2.84. The highest BCUT2D eigenvalue weighted by molar-refractivity contribution is 7.92. The van der Waals surface area contributed by atoms with Gasteiger partial charge in [0, 0.05) is 12.1 Å². The van der Waals surface area contributed by atoms with Crippen molar-refractivity contribution in [3.05, 3.63) is 83.6 Å². The third-order valence-corrected chi connectivity index (χ3v) is 7.04. The first-order valence-corrected chi connectivity index (χ1v) is 12.0. The Morgan fingerprint density at radius 1 is 1.06 bits per heavy atom. The van der Waals surface area contributed by atoms with Crippen LogP contribution in [0.15, 0.2) is 71.6 Å². The Balaban J connectivity index is 1.58. The van der Waals surface area contributed by atoms with Crippen molar-refractivity contribution in [1.82, 2.24) is 4.98 Å². The quantitative estimate of drug-likeness (QED) is 0.557. The lowest BCUT2D eigenvalue weighted by atomic mass is 10.0. The van der Waals surface area contributed by atoms with Crippen LogP contribution >= 0.6 is 0 Å². The number of nitrogens with one attached hydrogen (secondary N) is 1. The number of aryl methyl sites for hydroxylation is 1. The second-order valence-corrected chi connectivity index (χ2v) is 9.28. The van der Waals surface area contributed by atoms with E-state index < -0.39 is 21.9 Å². The molecule has 1 amide bonds. The van der Waals surface area contributed by atoms with Gasteiger partial charge in [-0.1, -0.05) is 30.3 Å². The zero-order valence-electron chi connectivity index (χ0n) is 18.0. The molecule has 33 heavy (non-hydrogen) atoms. The fraction of sp³-hybridized carbons (Fsp3) is 0.208. The zero-order chi connectivity index (χ0) is 23.4. The molecular weight excluding hydrogens is 442 g/mol. The zero-order valence-corrected chi connectivity index (χ0v) is 18.8. The van der Waals surface area contributed by atoms with Crippen LogP contribution in [-0.2, 0) is 21.2 Å². The first-order chi connectivity index (χ1) is 15.9. The molecule has 1 aliphatic rings. The summed E-state index contributed by atoms with van der Waals surface area (Å²) >= 11 is 0. The number of hydrogen-bond donors (Lipinski definition) is 1. The molecule has 0 bridgehead atoms. The van der Waals surface area contributed by atoms with E-state index >= 15 is 0 Å². The fourth-order valence-corrected chi connectivity index (χ4v) is 5.27. The lowest BCUT2D eigenvalue weighted by Gasteiger charge is -2.30. The van der Waals surface area contributed by atoms with E-state index in [1.807, 2.05) is 18.2 Å². The number of carbonyl (C=O) groups is 2. The second-order valence-electron chi connectivity index (χ2n) is 7.42. The van der Waals surface area contributed by atoms with Crippen LogP contribution in [0, 0.1) is 0 Å². The minimum absolute atomic E-state index is 0.0279. The first-order valence-electron chi connectivity index (χ1n) is 10.6. The molecule has 1 aromatic heterocycles. The number of amides is 1. The lowest BCUT2D eigenvalue weighted by Crippen LogP contribution is -2.35. The van der Waals surface area contributed by atoms with Crippen LogP contribution < -0.4 is 9.62 Å². The van der Waals surface area contributed by atoms with E-state index in [1.54, 1.807) is 19.1 Å². The largest absolute Gasteiger partial charge is 0.461 e. The van der Waals surface area contributed by atoms with Crippen LogP contribution in [0.2, 0.25) is 0 Å². The molecule has 0 atom stereocenters. The van der Waals surface area contributed by atoms with Crippen LogP contribution in [0.4, 0.5) is 11.5 Å². The van der Waals surface area contributed by atoms with Crippen LogP contribution in [0.1, 0.15) is 39.8 Å². The molecule has 9 heteroatoms. The van der Waals surface area contributed by atoms with E-state index in [0.717, 1.165) is 18.4 Å². The molecule has 1 aliphatic heterocycles. The molecule has 4 rings (SSSR count). The molecule has 0 spiro atoms. The molecule has 0 unspecified atom stereocenters.